The van der Waals surface area contributed by atoms with Gasteiger partial charge in [0.15, 0.2) is 5.78 Å². The number of carbonyl (C=O) groups is 3. The fourth-order valence-electron chi connectivity index (χ4n) is 2.31. The minimum atomic E-state index is -2.29. The van der Waals surface area contributed by atoms with E-state index in [1.807, 2.05) is 24.3 Å². The van der Waals surface area contributed by atoms with Crippen LogP contribution in [-0.4, -0.2) is 36.9 Å². The molecule has 0 saturated heterocycles. The minimum absolute atomic E-state index is 0.000969. The molecule has 1 atom stereocenters. The lowest BCUT2D eigenvalue weighted by molar-refractivity contribution is -0.154. The van der Waals surface area contributed by atoms with Crippen LogP contribution in [0.1, 0.15) is 32.3 Å². The van der Waals surface area contributed by atoms with E-state index in [0.29, 0.717) is 12.8 Å². The van der Waals surface area contributed by atoms with Crippen molar-refractivity contribution in [2.45, 2.75) is 38.6 Å². The van der Waals surface area contributed by atoms with Crippen LogP contribution < -0.4 is 10.1 Å². The highest BCUT2D eigenvalue weighted by Gasteiger charge is 2.48. The molecule has 0 aromatic heterocycles. The van der Waals surface area contributed by atoms with E-state index in [1.54, 1.807) is 20.1 Å². The maximum atomic E-state index is 12.5. The number of benzene rings is 1. The molecule has 134 valence electrons. The molecule has 1 N–H and O–H groups in total. The van der Waals surface area contributed by atoms with Crippen LogP contribution in [0.5, 0.6) is 5.75 Å². The number of hydrogen-bond donors (Lipinski definition) is 1. The van der Waals surface area contributed by atoms with Crippen LogP contribution in [0, 0.1) is 11.3 Å². The third kappa shape index (κ3) is 5.31. The van der Waals surface area contributed by atoms with Crippen LogP contribution in [0.15, 0.2) is 24.3 Å². The summed E-state index contributed by atoms with van der Waals surface area (Å²) in [5.41, 5.74) is -1.30. The first-order chi connectivity index (χ1) is 11.9. The molecule has 0 fully saturated rings. The Bertz CT molecular complexity index is 663. The second kappa shape index (κ2) is 9.42. The van der Waals surface area contributed by atoms with Crippen molar-refractivity contribution in [3.05, 3.63) is 29.8 Å². The Kier molecular flexibility index (Phi) is 7.60. The Hall–Kier alpha value is -2.88. The van der Waals surface area contributed by atoms with E-state index in [4.69, 9.17) is 9.47 Å². The zero-order valence-corrected chi connectivity index (χ0v) is 14.6. The van der Waals surface area contributed by atoms with Gasteiger partial charge in [-0.1, -0.05) is 12.1 Å². The van der Waals surface area contributed by atoms with Gasteiger partial charge in [-0.3, -0.25) is 9.59 Å². The van der Waals surface area contributed by atoms with Crippen LogP contribution >= 0.6 is 0 Å². The maximum absolute atomic E-state index is 12.5. The largest absolute Gasteiger partial charge is 0.497 e. The number of nitriles is 1. The number of nitrogens with one attached hydrogen (secondary N) is 1. The van der Waals surface area contributed by atoms with Gasteiger partial charge in [0.2, 0.25) is 5.91 Å². The topological polar surface area (TPSA) is 105 Å². The molecular weight excluding hydrogens is 324 g/mol. The molecule has 0 heterocycles. The monoisotopic (exact) mass is 346 g/mol. The van der Waals surface area contributed by atoms with Gasteiger partial charge in [0.25, 0.3) is 5.54 Å². The van der Waals surface area contributed by atoms with Crippen molar-refractivity contribution in [3.63, 3.8) is 0 Å². The third-order valence-electron chi connectivity index (χ3n) is 3.56. The standard InChI is InChI=1S/C18H22N2O5/c1-4-25-17(23)18(12-19,20-13(2)21)16(22)7-5-6-14-8-10-15(24-3)11-9-14/h8-11H,4-7H2,1-3H3,(H,20,21). The number of hydrogen-bond acceptors (Lipinski definition) is 6. The third-order valence-corrected chi connectivity index (χ3v) is 3.56. The molecule has 0 aliphatic heterocycles. The highest BCUT2D eigenvalue weighted by Crippen LogP contribution is 2.16. The van der Waals surface area contributed by atoms with Gasteiger partial charge >= 0.3 is 5.97 Å². The molecule has 1 aromatic carbocycles. The number of ether oxygens (including phenoxy) is 2. The Morgan fingerprint density at radius 1 is 1.24 bits per heavy atom. The summed E-state index contributed by atoms with van der Waals surface area (Å²) < 4.78 is 9.88. The second-order valence-corrected chi connectivity index (χ2v) is 5.39. The van der Waals surface area contributed by atoms with E-state index in [0.717, 1.165) is 18.2 Å². The Morgan fingerprint density at radius 2 is 1.88 bits per heavy atom. The quantitative estimate of drug-likeness (QED) is 0.537. The normalized spacial score (nSPS) is 12.4. The van der Waals surface area contributed by atoms with Gasteiger partial charge in [-0.05, 0) is 37.5 Å². The highest BCUT2D eigenvalue weighted by atomic mass is 16.5. The minimum Gasteiger partial charge on any atom is -0.497 e. The molecule has 1 aromatic rings. The molecular formula is C18H22N2O5. The van der Waals surface area contributed by atoms with Crippen molar-refractivity contribution in [2.24, 2.45) is 0 Å². The molecule has 0 aliphatic rings. The number of rotatable bonds is 9. The maximum Gasteiger partial charge on any atom is 0.354 e. The van der Waals surface area contributed by atoms with Crippen LogP contribution in [0.3, 0.4) is 0 Å². The van der Waals surface area contributed by atoms with Gasteiger partial charge in [-0.2, -0.15) is 5.26 Å². The number of ketones is 1. The van der Waals surface area contributed by atoms with E-state index < -0.39 is 23.2 Å². The summed E-state index contributed by atoms with van der Waals surface area (Å²) in [5.74, 6) is -1.66. The number of methoxy groups -OCH3 is 1. The lowest BCUT2D eigenvalue weighted by atomic mass is 9.91. The van der Waals surface area contributed by atoms with Gasteiger partial charge in [-0.25, -0.2) is 4.79 Å². The van der Waals surface area contributed by atoms with E-state index >= 15 is 0 Å². The number of esters is 1. The fraction of sp³-hybridized carbons (Fsp3) is 0.444. The van der Waals surface area contributed by atoms with Gasteiger partial charge in [0, 0.05) is 13.3 Å². The van der Waals surface area contributed by atoms with Crippen molar-refractivity contribution < 1.29 is 23.9 Å². The number of carbonyl (C=O) groups excluding carboxylic acids is 3. The molecule has 1 unspecified atom stereocenters. The SMILES string of the molecule is CCOC(=O)C(C#N)(NC(C)=O)C(=O)CCCc1ccc(OC)cc1. The van der Waals surface area contributed by atoms with E-state index in [-0.39, 0.29) is 13.0 Å². The molecule has 0 aliphatic carbocycles. The molecule has 1 rings (SSSR count). The zero-order valence-electron chi connectivity index (χ0n) is 14.6. The first kappa shape index (κ1) is 20.2. The average molecular weight is 346 g/mol. The Balaban J connectivity index is 2.78. The smallest absolute Gasteiger partial charge is 0.354 e. The lowest BCUT2D eigenvalue weighted by Crippen LogP contribution is -2.59. The Morgan fingerprint density at radius 3 is 2.36 bits per heavy atom. The van der Waals surface area contributed by atoms with Crippen LogP contribution in [0.2, 0.25) is 0 Å². The summed E-state index contributed by atoms with van der Waals surface area (Å²) in [4.78, 5) is 35.9. The van der Waals surface area contributed by atoms with E-state index in [9.17, 15) is 19.6 Å². The summed E-state index contributed by atoms with van der Waals surface area (Å²) in [5, 5.41) is 11.5. The summed E-state index contributed by atoms with van der Waals surface area (Å²) >= 11 is 0. The molecule has 7 heteroatoms. The molecule has 0 bridgehead atoms. The molecule has 0 spiro atoms. The molecule has 0 saturated carbocycles. The molecule has 0 radical (unpaired) electrons. The second-order valence-electron chi connectivity index (χ2n) is 5.39. The van der Waals surface area contributed by atoms with Gasteiger partial charge in [0.05, 0.1) is 13.7 Å². The summed E-state index contributed by atoms with van der Waals surface area (Å²) in [6.07, 6.45) is 0.965. The lowest BCUT2D eigenvalue weighted by Gasteiger charge is -2.23. The number of Topliss-reactive ketones (excluding diaryl/α,β-unsaturated/α-hetero) is 1. The average Bonchev–Trinajstić information content (AvgIpc) is 2.60. The molecule has 25 heavy (non-hydrogen) atoms. The molecule has 7 nitrogen and oxygen atoms in total. The van der Waals surface area contributed by atoms with Crippen molar-refractivity contribution in [3.8, 4) is 11.8 Å². The van der Waals surface area contributed by atoms with Crippen molar-refractivity contribution in [1.29, 1.82) is 5.26 Å². The number of aryl methyl sites for hydroxylation is 1. The van der Waals surface area contributed by atoms with Crippen molar-refractivity contribution >= 4 is 17.7 Å². The van der Waals surface area contributed by atoms with Crippen molar-refractivity contribution in [2.75, 3.05) is 13.7 Å². The fourth-order valence-corrected chi connectivity index (χ4v) is 2.31. The Labute approximate surface area is 146 Å². The first-order valence-corrected chi connectivity index (χ1v) is 7.93. The predicted molar refractivity (Wildman–Crippen MR) is 89.7 cm³/mol. The van der Waals surface area contributed by atoms with Crippen LogP contribution in [0.4, 0.5) is 0 Å². The molecule has 1 amide bonds. The van der Waals surface area contributed by atoms with Crippen molar-refractivity contribution in [1.82, 2.24) is 5.32 Å². The zero-order chi connectivity index (χ0) is 18.9. The number of amides is 1. The van der Waals surface area contributed by atoms with Crippen LogP contribution in [0.25, 0.3) is 0 Å². The van der Waals surface area contributed by atoms with E-state index in [2.05, 4.69) is 5.32 Å². The first-order valence-electron chi connectivity index (χ1n) is 7.93. The number of nitrogens with zero attached hydrogens (tertiary/aromatic N) is 1. The summed E-state index contributed by atoms with van der Waals surface area (Å²) in [6, 6.07) is 9.00. The van der Waals surface area contributed by atoms with Gasteiger partial charge in [-0.15, -0.1) is 0 Å². The van der Waals surface area contributed by atoms with Gasteiger partial charge in [0.1, 0.15) is 11.8 Å². The van der Waals surface area contributed by atoms with E-state index in [1.165, 1.54) is 0 Å². The summed E-state index contributed by atoms with van der Waals surface area (Å²) in [6.45, 7) is 2.69. The van der Waals surface area contributed by atoms with Gasteiger partial charge < -0.3 is 14.8 Å². The van der Waals surface area contributed by atoms with Crippen LogP contribution in [-0.2, 0) is 25.5 Å². The highest BCUT2D eigenvalue weighted by molar-refractivity contribution is 6.13. The summed E-state index contributed by atoms with van der Waals surface area (Å²) in [7, 11) is 1.58. The predicted octanol–water partition coefficient (Wildman–Crippen LogP) is 1.55.